The molecule has 2 amide bonds. The van der Waals surface area contributed by atoms with Gasteiger partial charge in [0.2, 0.25) is 11.8 Å². The molecule has 226 valence electrons. The van der Waals surface area contributed by atoms with Gasteiger partial charge in [0, 0.05) is 41.8 Å². The number of hydrogen-bond donors (Lipinski definition) is 2. The normalized spacial score (nSPS) is 17.7. The minimum absolute atomic E-state index is 0.0407. The van der Waals surface area contributed by atoms with Crippen LogP contribution in [0.1, 0.15) is 30.9 Å². The summed E-state index contributed by atoms with van der Waals surface area (Å²) >= 11 is 12.4. The number of nitrogens with zero attached hydrogens (tertiary/aromatic N) is 6. The molecule has 3 N–H and O–H groups in total. The lowest BCUT2D eigenvalue weighted by Gasteiger charge is -2.46. The van der Waals surface area contributed by atoms with E-state index in [4.69, 9.17) is 28.9 Å². The summed E-state index contributed by atoms with van der Waals surface area (Å²) in [5, 5.41) is 18.4. The van der Waals surface area contributed by atoms with Crippen molar-refractivity contribution in [3.63, 3.8) is 0 Å². The Morgan fingerprint density at radius 2 is 1.84 bits per heavy atom. The van der Waals surface area contributed by atoms with Crippen LogP contribution in [0.2, 0.25) is 10.0 Å². The zero-order valence-corrected chi connectivity index (χ0v) is 25.8. The lowest BCUT2D eigenvalue weighted by atomic mass is 9.98. The first kappa shape index (κ1) is 30.7. The lowest BCUT2D eigenvalue weighted by molar-refractivity contribution is -0.147. The molecular formula is C31H36Cl2N8O2. The first-order valence-corrected chi connectivity index (χ1v) is 15.2. The number of halogens is 2. The van der Waals surface area contributed by atoms with Gasteiger partial charge in [-0.25, -0.2) is 0 Å². The van der Waals surface area contributed by atoms with Gasteiger partial charge in [-0.1, -0.05) is 76.8 Å². The predicted molar refractivity (Wildman–Crippen MR) is 169 cm³/mol. The van der Waals surface area contributed by atoms with Crippen molar-refractivity contribution in [2.45, 2.75) is 50.7 Å². The number of aryl methyl sites for hydroxylation is 1. The van der Waals surface area contributed by atoms with E-state index in [9.17, 15) is 9.59 Å². The van der Waals surface area contributed by atoms with Crippen LogP contribution in [0.5, 0.6) is 0 Å². The fraction of sp³-hybridized carbons (Fsp3) is 0.387. The van der Waals surface area contributed by atoms with Gasteiger partial charge in [-0.15, -0.1) is 5.10 Å². The number of aromatic nitrogens is 4. The van der Waals surface area contributed by atoms with Crippen molar-refractivity contribution in [1.29, 1.82) is 0 Å². The van der Waals surface area contributed by atoms with Crippen LogP contribution in [0.25, 0.3) is 10.8 Å². The van der Waals surface area contributed by atoms with Gasteiger partial charge in [-0.3, -0.25) is 9.59 Å². The van der Waals surface area contributed by atoms with Crippen LogP contribution >= 0.6 is 23.2 Å². The van der Waals surface area contributed by atoms with Crippen LogP contribution in [-0.4, -0.2) is 79.6 Å². The summed E-state index contributed by atoms with van der Waals surface area (Å²) in [4.78, 5) is 32.5. The summed E-state index contributed by atoms with van der Waals surface area (Å²) in [7, 11) is 1.70. The van der Waals surface area contributed by atoms with Gasteiger partial charge >= 0.3 is 0 Å². The number of tetrazole rings is 1. The van der Waals surface area contributed by atoms with E-state index in [0.29, 0.717) is 48.5 Å². The monoisotopic (exact) mass is 622 g/mol. The van der Waals surface area contributed by atoms with Crippen LogP contribution in [0, 0.1) is 0 Å². The molecule has 0 radical (unpaired) electrons. The molecule has 3 aromatic carbocycles. The average Bonchev–Trinajstić information content (AvgIpc) is 3.41. The summed E-state index contributed by atoms with van der Waals surface area (Å²) < 4.78 is 0. The van der Waals surface area contributed by atoms with E-state index in [-0.39, 0.29) is 30.3 Å². The molecule has 0 spiro atoms. The standard InChI is InChI=1S/C31H36Cl2N8O2/c1-20-18-41(30(43)28(34)16-24-11-12-25(32)17-27(24)33)26(8-5-13-35-31-36-38-39(2)37-31)19-40(20)29(42)15-21-9-10-22-6-3-4-7-23(22)14-21/h3-4,6-7,9-12,14,17,20,26,28H,5,8,13,15-16,18-19,34H2,1-2H3,(H,35,37)/t20-,26+,28-/m1/s1. The first-order valence-electron chi connectivity index (χ1n) is 14.4. The van der Waals surface area contributed by atoms with Gasteiger partial charge in [-0.2, -0.15) is 4.80 Å². The highest BCUT2D eigenvalue weighted by atomic mass is 35.5. The molecule has 1 aliphatic rings. The van der Waals surface area contributed by atoms with Crippen molar-refractivity contribution < 1.29 is 9.59 Å². The van der Waals surface area contributed by atoms with E-state index in [2.05, 4.69) is 38.9 Å². The maximum atomic E-state index is 13.8. The molecule has 12 heteroatoms. The highest BCUT2D eigenvalue weighted by Gasteiger charge is 2.38. The second-order valence-corrected chi connectivity index (χ2v) is 12.0. The SMILES string of the molecule is C[C@@H]1CN(C(=O)[C@H](N)Cc2ccc(Cl)cc2Cl)[C@@H](CCCNc2nnn(C)n2)CN1C(=O)Cc1ccc2ccccc2c1. The number of hydrogen-bond acceptors (Lipinski definition) is 7. The number of nitrogens with one attached hydrogen (secondary N) is 1. The van der Waals surface area contributed by atoms with Gasteiger partial charge in [-0.05, 0) is 65.4 Å². The average molecular weight is 624 g/mol. The van der Waals surface area contributed by atoms with Crippen LogP contribution in [-0.2, 0) is 29.5 Å². The number of carbonyl (C=O) groups is 2. The minimum atomic E-state index is -0.782. The number of nitrogens with two attached hydrogens (primary N) is 1. The number of fused-ring (bicyclic) bond motifs is 1. The number of carbonyl (C=O) groups excluding carboxylic acids is 2. The highest BCUT2D eigenvalue weighted by molar-refractivity contribution is 6.35. The fourth-order valence-corrected chi connectivity index (χ4v) is 6.13. The number of benzene rings is 3. The van der Waals surface area contributed by atoms with Crippen molar-refractivity contribution in [3.05, 3.63) is 81.8 Å². The third-order valence-corrected chi connectivity index (χ3v) is 8.48. The van der Waals surface area contributed by atoms with Gasteiger partial charge in [0.05, 0.1) is 19.5 Å². The molecule has 1 fully saturated rings. The Labute approximate surface area is 261 Å². The maximum Gasteiger partial charge on any atom is 0.263 e. The quantitative estimate of drug-likeness (QED) is 0.255. The Kier molecular flexibility index (Phi) is 9.79. The second-order valence-electron chi connectivity index (χ2n) is 11.1. The second kappa shape index (κ2) is 13.7. The van der Waals surface area contributed by atoms with Gasteiger partial charge < -0.3 is 20.9 Å². The molecule has 4 aromatic rings. The van der Waals surface area contributed by atoms with E-state index in [1.165, 1.54) is 4.80 Å². The van der Waals surface area contributed by atoms with E-state index < -0.39 is 6.04 Å². The summed E-state index contributed by atoms with van der Waals surface area (Å²) in [6.45, 7) is 3.40. The Morgan fingerprint density at radius 3 is 2.58 bits per heavy atom. The topological polar surface area (TPSA) is 122 Å². The molecule has 1 aliphatic heterocycles. The fourth-order valence-electron chi connectivity index (χ4n) is 5.64. The van der Waals surface area contributed by atoms with Crippen molar-refractivity contribution >= 4 is 51.7 Å². The summed E-state index contributed by atoms with van der Waals surface area (Å²) in [6.07, 6.45) is 1.98. The smallest absolute Gasteiger partial charge is 0.263 e. The van der Waals surface area contributed by atoms with Gasteiger partial charge in [0.1, 0.15) is 0 Å². The maximum absolute atomic E-state index is 13.8. The number of piperazine rings is 1. The Bertz CT molecular complexity index is 1600. The largest absolute Gasteiger partial charge is 0.352 e. The Balaban J connectivity index is 1.28. The zero-order valence-electron chi connectivity index (χ0n) is 24.3. The molecule has 3 atom stereocenters. The lowest BCUT2D eigenvalue weighted by Crippen LogP contribution is -2.63. The summed E-state index contributed by atoms with van der Waals surface area (Å²) in [5.74, 6) is 0.328. The van der Waals surface area contributed by atoms with E-state index in [1.54, 1.807) is 25.2 Å². The van der Waals surface area contributed by atoms with E-state index in [0.717, 1.165) is 28.3 Å². The third kappa shape index (κ3) is 7.62. The summed E-state index contributed by atoms with van der Waals surface area (Å²) in [5.41, 5.74) is 8.20. The van der Waals surface area contributed by atoms with Crippen molar-refractivity contribution in [2.24, 2.45) is 12.8 Å². The van der Waals surface area contributed by atoms with Gasteiger partial charge in [0.15, 0.2) is 0 Å². The Hall–Kier alpha value is -3.73. The number of anilines is 1. The van der Waals surface area contributed by atoms with Crippen LogP contribution in [0.15, 0.2) is 60.7 Å². The zero-order chi connectivity index (χ0) is 30.5. The van der Waals surface area contributed by atoms with Crippen molar-refractivity contribution in [3.8, 4) is 0 Å². The predicted octanol–water partition coefficient (Wildman–Crippen LogP) is 4.10. The molecule has 0 aliphatic carbocycles. The van der Waals surface area contributed by atoms with E-state index in [1.807, 2.05) is 41.0 Å². The molecule has 1 saturated heterocycles. The molecule has 1 aromatic heterocycles. The third-order valence-electron chi connectivity index (χ3n) is 7.89. The van der Waals surface area contributed by atoms with Crippen molar-refractivity contribution in [2.75, 3.05) is 25.0 Å². The van der Waals surface area contributed by atoms with Crippen LogP contribution in [0.4, 0.5) is 5.95 Å². The van der Waals surface area contributed by atoms with Crippen molar-refractivity contribution in [1.82, 2.24) is 30.0 Å². The molecule has 10 nitrogen and oxygen atoms in total. The summed E-state index contributed by atoms with van der Waals surface area (Å²) in [6, 6.07) is 18.3. The molecule has 0 unspecified atom stereocenters. The number of rotatable bonds is 10. The molecule has 43 heavy (non-hydrogen) atoms. The molecular weight excluding hydrogens is 587 g/mol. The molecule has 0 bridgehead atoms. The van der Waals surface area contributed by atoms with E-state index >= 15 is 0 Å². The molecule has 5 rings (SSSR count). The van der Waals surface area contributed by atoms with Crippen LogP contribution < -0.4 is 11.1 Å². The highest BCUT2D eigenvalue weighted by Crippen LogP contribution is 2.25. The molecule has 0 saturated carbocycles. The van der Waals surface area contributed by atoms with Gasteiger partial charge in [0.25, 0.3) is 5.95 Å². The minimum Gasteiger partial charge on any atom is -0.352 e. The van der Waals surface area contributed by atoms with Crippen LogP contribution in [0.3, 0.4) is 0 Å². The molecule has 2 heterocycles. The Morgan fingerprint density at radius 1 is 1.05 bits per heavy atom. The number of amides is 2. The first-order chi connectivity index (χ1) is 20.7.